The zero-order valence-corrected chi connectivity index (χ0v) is 10.8. The Bertz CT molecular complexity index is 611. The minimum atomic E-state index is -0.399. The van der Waals surface area contributed by atoms with E-state index in [1.54, 1.807) is 13.1 Å². The van der Waals surface area contributed by atoms with Crippen LogP contribution in [-0.4, -0.2) is 21.0 Å². The van der Waals surface area contributed by atoms with Gasteiger partial charge in [0.2, 0.25) is 0 Å². The molecule has 0 atom stereocenters. The van der Waals surface area contributed by atoms with Crippen LogP contribution in [0.2, 0.25) is 0 Å². The largest absolute Gasteiger partial charge is 0.505 e. The summed E-state index contributed by atoms with van der Waals surface area (Å²) in [5, 5.41) is 12.3. The van der Waals surface area contributed by atoms with Crippen LogP contribution in [0.5, 0.6) is 5.75 Å². The van der Waals surface area contributed by atoms with Crippen LogP contribution in [0.25, 0.3) is 0 Å². The van der Waals surface area contributed by atoms with Gasteiger partial charge in [0.1, 0.15) is 11.6 Å². The van der Waals surface area contributed by atoms with Crippen LogP contribution in [0.4, 0.5) is 5.82 Å². The maximum atomic E-state index is 12.0. The first-order valence-corrected chi connectivity index (χ1v) is 6.02. The quantitative estimate of drug-likeness (QED) is 0.884. The Morgan fingerprint density at radius 2 is 2.16 bits per heavy atom. The molecule has 0 aliphatic rings. The summed E-state index contributed by atoms with van der Waals surface area (Å²) in [4.78, 5) is 20.0. The van der Waals surface area contributed by atoms with Gasteiger partial charge in [-0.3, -0.25) is 9.78 Å². The number of hydrogen-bond donors (Lipinski definition) is 2. The molecule has 2 N–H and O–H groups in total. The van der Waals surface area contributed by atoms with E-state index in [2.05, 4.69) is 15.3 Å². The fourth-order valence-corrected chi connectivity index (χ4v) is 1.68. The number of amides is 1. The number of nitrogens with one attached hydrogen (secondary N) is 1. The number of aromatic hydroxyl groups is 1. The summed E-state index contributed by atoms with van der Waals surface area (Å²) in [7, 11) is 0. The minimum absolute atomic E-state index is 0.144. The van der Waals surface area contributed by atoms with Crippen LogP contribution in [0.15, 0.2) is 30.6 Å². The molecule has 0 aliphatic carbocycles. The van der Waals surface area contributed by atoms with E-state index >= 15 is 0 Å². The first-order valence-electron chi connectivity index (χ1n) is 6.02. The summed E-state index contributed by atoms with van der Waals surface area (Å²) in [5.74, 6) is -0.0725. The third-order valence-corrected chi connectivity index (χ3v) is 2.74. The maximum Gasteiger partial charge on any atom is 0.260 e. The van der Waals surface area contributed by atoms with Crippen LogP contribution in [0, 0.1) is 6.92 Å². The number of hydrogen-bond acceptors (Lipinski definition) is 4. The lowest BCUT2D eigenvalue weighted by molar-refractivity contribution is 0.102. The molecule has 0 fully saturated rings. The molecular weight excluding hydrogens is 242 g/mol. The van der Waals surface area contributed by atoms with Gasteiger partial charge in [-0.15, -0.1) is 0 Å². The highest BCUT2D eigenvalue weighted by Gasteiger charge is 2.12. The number of carbonyl (C=O) groups is 1. The summed E-state index contributed by atoms with van der Waals surface area (Å²) < 4.78 is 0. The van der Waals surface area contributed by atoms with Gasteiger partial charge in [-0.05, 0) is 37.1 Å². The zero-order chi connectivity index (χ0) is 13.8. The second-order valence-corrected chi connectivity index (χ2v) is 4.20. The van der Waals surface area contributed by atoms with Crippen molar-refractivity contribution in [2.45, 2.75) is 20.3 Å². The Morgan fingerprint density at radius 3 is 2.89 bits per heavy atom. The van der Waals surface area contributed by atoms with Gasteiger partial charge >= 0.3 is 0 Å². The highest BCUT2D eigenvalue weighted by Crippen LogP contribution is 2.18. The second kappa shape index (κ2) is 5.48. The molecule has 2 heterocycles. The topological polar surface area (TPSA) is 75.1 Å². The third kappa shape index (κ3) is 3.07. The lowest BCUT2D eigenvalue weighted by Crippen LogP contribution is -2.13. The first-order chi connectivity index (χ1) is 9.10. The van der Waals surface area contributed by atoms with Gasteiger partial charge in [0, 0.05) is 11.9 Å². The molecule has 19 heavy (non-hydrogen) atoms. The first kappa shape index (κ1) is 13.0. The fraction of sp³-hybridized carbons (Fsp3) is 0.214. The summed E-state index contributed by atoms with van der Waals surface area (Å²) in [6, 6.07) is 5.24. The third-order valence-electron chi connectivity index (χ3n) is 2.74. The summed E-state index contributed by atoms with van der Waals surface area (Å²) in [5.41, 5.74) is 1.94. The summed E-state index contributed by atoms with van der Waals surface area (Å²) >= 11 is 0. The van der Waals surface area contributed by atoms with Crippen LogP contribution < -0.4 is 5.32 Å². The smallest absolute Gasteiger partial charge is 0.260 e. The van der Waals surface area contributed by atoms with Crippen molar-refractivity contribution < 1.29 is 9.90 Å². The van der Waals surface area contributed by atoms with E-state index in [4.69, 9.17) is 0 Å². The lowest BCUT2D eigenvalue weighted by atomic mass is 10.2. The molecular formula is C14H15N3O2. The molecule has 5 nitrogen and oxygen atoms in total. The molecule has 2 aromatic rings. The number of nitrogens with zero attached hydrogens (tertiary/aromatic N) is 2. The maximum absolute atomic E-state index is 12.0. The van der Waals surface area contributed by atoms with Crippen LogP contribution in [0.1, 0.15) is 28.5 Å². The molecule has 0 spiro atoms. The van der Waals surface area contributed by atoms with E-state index in [0.29, 0.717) is 11.5 Å². The molecule has 0 unspecified atom stereocenters. The van der Waals surface area contributed by atoms with Gasteiger partial charge in [0.15, 0.2) is 0 Å². The van der Waals surface area contributed by atoms with E-state index < -0.39 is 5.91 Å². The zero-order valence-electron chi connectivity index (χ0n) is 10.8. The minimum Gasteiger partial charge on any atom is -0.505 e. The molecule has 2 rings (SSSR count). The van der Waals surface area contributed by atoms with E-state index in [0.717, 1.165) is 12.0 Å². The van der Waals surface area contributed by atoms with Gasteiger partial charge in [-0.1, -0.05) is 6.92 Å². The van der Waals surface area contributed by atoms with Crippen molar-refractivity contribution in [2.24, 2.45) is 0 Å². The average Bonchev–Trinajstić information content (AvgIpc) is 2.41. The highest BCUT2D eigenvalue weighted by atomic mass is 16.3. The van der Waals surface area contributed by atoms with E-state index in [9.17, 15) is 9.90 Å². The molecule has 0 bridgehead atoms. The second-order valence-electron chi connectivity index (χ2n) is 4.20. The van der Waals surface area contributed by atoms with E-state index in [1.165, 1.54) is 12.3 Å². The number of pyridine rings is 2. The van der Waals surface area contributed by atoms with E-state index in [-0.39, 0.29) is 11.3 Å². The number of anilines is 1. The standard InChI is InChI=1S/C14H15N3O2/c1-3-10-4-5-15-13(7-10)17-14(19)11-6-9(2)16-8-12(11)18/h4-8,18H,3H2,1-2H3,(H,15,17,19). The lowest BCUT2D eigenvalue weighted by Gasteiger charge is -2.07. The predicted molar refractivity (Wildman–Crippen MR) is 72.2 cm³/mol. The Kier molecular flexibility index (Phi) is 3.75. The Hall–Kier alpha value is -2.43. The molecule has 0 aromatic carbocycles. The van der Waals surface area contributed by atoms with Crippen LogP contribution >= 0.6 is 0 Å². The van der Waals surface area contributed by atoms with Crippen molar-refractivity contribution in [3.8, 4) is 5.75 Å². The van der Waals surface area contributed by atoms with Crippen molar-refractivity contribution >= 4 is 11.7 Å². The van der Waals surface area contributed by atoms with Gasteiger partial charge in [-0.2, -0.15) is 0 Å². The number of carbonyl (C=O) groups excluding carboxylic acids is 1. The Labute approximate surface area is 111 Å². The van der Waals surface area contributed by atoms with Crippen molar-refractivity contribution in [1.82, 2.24) is 9.97 Å². The molecule has 0 radical (unpaired) electrons. The molecule has 98 valence electrons. The monoisotopic (exact) mass is 257 g/mol. The molecule has 2 aromatic heterocycles. The van der Waals surface area contributed by atoms with Crippen LogP contribution in [0.3, 0.4) is 0 Å². The van der Waals surface area contributed by atoms with Crippen molar-refractivity contribution in [2.75, 3.05) is 5.32 Å². The number of rotatable bonds is 3. The van der Waals surface area contributed by atoms with Crippen molar-refractivity contribution in [1.29, 1.82) is 0 Å². The van der Waals surface area contributed by atoms with Gasteiger partial charge < -0.3 is 10.4 Å². The SMILES string of the molecule is CCc1ccnc(NC(=O)c2cc(C)ncc2O)c1. The molecule has 0 saturated carbocycles. The summed E-state index contributed by atoms with van der Waals surface area (Å²) in [6.45, 7) is 3.78. The fourth-order valence-electron chi connectivity index (χ4n) is 1.68. The average molecular weight is 257 g/mol. The van der Waals surface area contributed by atoms with Gasteiger partial charge in [-0.25, -0.2) is 4.98 Å². The summed E-state index contributed by atoms with van der Waals surface area (Å²) in [6.07, 6.45) is 3.78. The Balaban J connectivity index is 2.23. The van der Waals surface area contributed by atoms with Gasteiger partial charge in [0.25, 0.3) is 5.91 Å². The normalized spacial score (nSPS) is 10.2. The molecule has 1 amide bonds. The van der Waals surface area contributed by atoms with Crippen molar-refractivity contribution in [3.05, 3.63) is 47.4 Å². The van der Waals surface area contributed by atoms with Gasteiger partial charge in [0.05, 0.1) is 11.8 Å². The Morgan fingerprint density at radius 1 is 1.37 bits per heavy atom. The molecule has 5 heteroatoms. The van der Waals surface area contributed by atoms with Crippen molar-refractivity contribution in [3.63, 3.8) is 0 Å². The van der Waals surface area contributed by atoms with Crippen LogP contribution in [-0.2, 0) is 6.42 Å². The highest BCUT2D eigenvalue weighted by molar-refractivity contribution is 6.05. The number of aromatic nitrogens is 2. The number of aryl methyl sites for hydroxylation is 2. The molecule has 0 aliphatic heterocycles. The van der Waals surface area contributed by atoms with E-state index in [1.807, 2.05) is 19.1 Å². The molecule has 0 saturated heterocycles. The predicted octanol–water partition coefficient (Wildman–Crippen LogP) is 2.31.